The predicted molar refractivity (Wildman–Crippen MR) is 37.7 cm³/mol. The lowest BCUT2D eigenvalue weighted by atomic mass is 10.5. The first-order valence-electron chi connectivity index (χ1n) is 3.16. The second-order valence-electron chi connectivity index (χ2n) is 2.05. The highest BCUT2D eigenvalue weighted by molar-refractivity contribution is 6.18. The molecule has 1 unspecified atom stereocenters. The number of hydrogen-bond acceptors (Lipinski definition) is 2. The van der Waals surface area contributed by atoms with E-state index in [0.29, 0.717) is 0 Å². The van der Waals surface area contributed by atoms with E-state index in [1.165, 1.54) is 19.3 Å². The summed E-state index contributed by atoms with van der Waals surface area (Å²) in [5, 5.41) is 16.3. The fourth-order valence-corrected chi connectivity index (χ4v) is 0.146. The van der Waals surface area contributed by atoms with Crippen molar-refractivity contribution in [1.29, 1.82) is 0 Å². The van der Waals surface area contributed by atoms with Crippen LogP contribution in [0.5, 0.6) is 0 Å². The van der Waals surface area contributed by atoms with Crippen molar-refractivity contribution in [3.63, 3.8) is 0 Å². The van der Waals surface area contributed by atoms with Gasteiger partial charge in [0.05, 0.1) is 18.6 Å². The topological polar surface area (TPSA) is 40.5 Å². The Kier molecular flexibility index (Phi) is 6.48. The molecule has 1 aliphatic carbocycles. The SMILES string of the molecule is C1CC1.OCC(O)CCl. The molecule has 1 saturated carbocycles. The summed E-state index contributed by atoms with van der Waals surface area (Å²) in [6, 6.07) is 0. The maximum atomic E-state index is 8.28. The molecule has 0 heterocycles. The van der Waals surface area contributed by atoms with Gasteiger partial charge in [0.15, 0.2) is 0 Å². The summed E-state index contributed by atoms with van der Waals surface area (Å²) in [5.41, 5.74) is 0. The number of hydrogen-bond donors (Lipinski definition) is 2. The van der Waals surface area contributed by atoms with Gasteiger partial charge in [-0.25, -0.2) is 0 Å². The summed E-state index contributed by atoms with van der Waals surface area (Å²) in [4.78, 5) is 0. The van der Waals surface area contributed by atoms with Gasteiger partial charge in [-0.05, 0) is 0 Å². The van der Waals surface area contributed by atoms with Crippen LogP contribution in [0, 0.1) is 0 Å². The van der Waals surface area contributed by atoms with Gasteiger partial charge in [-0.1, -0.05) is 19.3 Å². The molecule has 3 heteroatoms. The molecular weight excluding hydrogens is 140 g/mol. The van der Waals surface area contributed by atoms with Crippen molar-refractivity contribution in [1.82, 2.24) is 0 Å². The van der Waals surface area contributed by atoms with Crippen LogP contribution in [0.25, 0.3) is 0 Å². The normalized spacial score (nSPS) is 17.7. The van der Waals surface area contributed by atoms with Crippen molar-refractivity contribution in [2.45, 2.75) is 25.4 Å². The Labute approximate surface area is 60.5 Å². The standard InChI is InChI=1S/C3H7ClO2.C3H6/c4-1-3(6)2-5;1-2-3-1/h3,5-6H,1-2H2;1-3H2. The van der Waals surface area contributed by atoms with E-state index in [4.69, 9.17) is 21.8 Å². The van der Waals surface area contributed by atoms with Gasteiger partial charge in [-0.2, -0.15) is 0 Å². The highest BCUT2D eigenvalue weighted by Crippen LogP contribution is 2.14. The summed E-state index contributed by atoms with van der Waals surface area (Å²) in [6.07, 6.45) is 3.76. The van der Waals surface area contributed by atoms with Gasteiger partial charge in [-0.15, -0.1) is 11.6 Å². The average Bonchev–Trinajstić information content (AvgIpc) is 2.70. The van der Waals surface area contributed by atoms with E-state index in [1.807, 2.05) is 0 Å². The van der Waals surface area contributed by atoms with Crippen molar-refractivity contribution in [3.05, 3.63) is 0 Å². The Hall–Kier alpha value is 0.210. The first kappa shape index (κ1) is 9.21. The minimum absolute atomic E-state index is 0.108. The maximum Gasteiger partial charge on any atom is 0.0905 e. The van der Waals surface area contributed by atoms with E-state index < -0.39 is 6.10 Å². The highest BCUT2D eigenvalue weighted by atomic mass is 35.5. The quantitative estimate of drug-likeness (QED) is 0.574. The van der Waals surface area contributed by atoms with Gasteiger partial charge in [-0.3, -0.25) is 0 Å². The molecule has 56 valence electrons. The van der Waals surface area contributed by atoms with Crippen LogP contribution < -0.4 is 0 Å². The number of halogens is 1. The average molecular weight is 153 g/mol. The molecule has 1 aliphatic rings. The van der Waals surface area contributed by atoms with E-state index >= 15 is 0 Å². The molecule has 9 heavy (non-hydrogen) atoms. The second-order valence-corrected chi connectivity index (χ2v) is 2.36. The summed E-state index contributed by atoms with van der Waals surface area (Å²) < 4.78 is 0. The van der Waals surface area contributed by atoms with Gasteiger partial charge in [0.1, 0.15) is 0 Å². The van der Waals surface area contributed by atoms with E-state index in [9.17, 15) is 0 Å². The van der Waals surface area contributed by atoms with Crippen LogP contribution in [-0.2, 0) is 0 Å². The fraction of sp³-hybridized carbons (Fsp3) is 1.00. The van der Waals surface area contributed by atoms with Crippen LogP contribution in [0.3, 0.4) is 0 Å². The molecule has 2 N–H and O–H groups in total. The lowest BCUT2D eigenvalue weighted by molar-refractivity contribution is 0.112. The molecule has 0 aliphatic heterocycles. The van der Waals surface area contributed by atoms with Crippen LogP contribution in [0.4, 0.5) is 0 Å². The largest absolute Gasteiger partial charge is 0.394 e. The third kappa shape index (κ3) is 11.7. The molecule has 2 nitrogen and oxygen atoms in total. The third-order valence-electron chi connectivity index (χ3n) is 0.742. The van der Waals surface area contributed by atoms with Gasteiger partial charge in [0.2, 0.25) is 0 Å². The third-order valence-corrected chi connectivity index (χ3v) is 1.10. The Morgan fingerprint density at radius 1 is 1.33 bits per heavy atom. The number of alkyl halides is 1. The lowest BCUT2D eigenvalue weighted by Crippen LogP contribution is -2.12. The lowest BCUT2D eigenvalue weighted by Gasteiger charge is -1.95. The van der Waals surface area contributed by atoms with Crippen molar-refractivity contribution >= 4 is 11.6 Å². The molecule has 1 fully saturated rings. The molecule has 0 bridgehead atoms. The van der Waals surface area contributed by atoms with Gasteiger partial charge >= 0.3 is 0 Å². The zero-order valence-corrected chi connectivity index (χ0v) is 6.14. The summed E-state index contributed by atoms with van der Waals surface area (Å²) in [6.45, 7) is -0.247. The summed E-state index contributed by atoms with van der Waals surface area (Å²) in [5.74, 6) is 0.108. The van der Waals surface area contributed by atoms with Crippen molar-refractivity contribution in [2.75, 3.05) is 12.5 Å². The first-order valence-corrected chi connectivity index (χ1v) is 3.69. The van der Waals surface area contributed by atoms with Gasteiger partial charge < -0.3 is 10.2 Å². The minimum atomic E-state index is -0.744. The molecule has 0 spiro atoms. The molecule has 0 aromatic rings. The molecule has 1 rings (SSSR count). The van der Waals surface area contributed by atoms with E-state index in [1.54, 1.807) is 0 Å². The smallest absolute Gasteiger partial charge is 0.0905 e. The molecule has 1 atom stereocenters. The predicted octanol–water partition coefficient (Wildman–Crippen LogP) is 0.749. The molecule has 0 saturated heterocycles. The zero-order valence-electron chi connectivity index (χ0n) is 5.39. The van der Waals surface area contributed by atoms with Gasteiger partial charge in [0, 0.05) is 0 Å². The summed E-state index contributed by atoms with van der Waals surface area (Å²) in [7, 11) is 0. The minimum Gasteiger partial charge on any atom is -0.394 e. The maximum absolute atomic E-state index is 8.28. The summed E-state index contributed by atoms with van der Waals surface area (Å²) >= 11 is 5.04. The number of rotatable bonds is 2. The first-order chi connectivity index (χ1) is 4.31. The zero-order chi connectivity index (χ0) is 7.11. The molecule has 0 aromatic heterocycles. The van der Waals surface area contributed by atoms with Crippen molar-refractivity contribution < 1.29 is 10.2 Å². The Bertz CT molecular complexity index is 50.3. The van der Waals surface area contributed by atoms with Crippen LogP contribution in [0.1, 0.15) is 19.3 Å². The van der Waals surface area contributed by atoms with Crippen molar-refractivity contribution in [2.24, 2.45) is 0 Å². The number of aliphatic hydroxyl groups excluding tert-OH is 2. The highest BCUT2D eigenvalue weighted by Gasteiger charge is 1.95. The van der Waals surface area contributed by atoms with E-state index in [-0.39, 0.29) is 12.5 Å². The van der Waals surface area contributed by atoms with E-state index in [0.717, 1.165) is 0 Å². The molecule has 0 aromatic carbocycles. The van der Waals surface area contributed by atoms with Gasteiger partial charge in [0.25, 0.3) is 0 Å². The fourth-order valence-electron chi connectivity index (χ4n) is 0.0488. The molecule has 0 amide bonds. The Morgan fingerprint density at radius 2 is 1.78 bits per heavy atom. The number of aliphatic hydroxyl groups is 2. The van der Waals surface area contributed by atoms with Crippen molar-refractivity contribution in [3.8, 4) is 0 Å². The van der Waals surface area contributed by atoms with Crippen LogP contribution >= 0.6 is 11.6 Å². The van der Waals surface area contributed by atoms with Crippen LogP contribution in [0.15, 0.2) is 0 Å². The molecular formula is C6H13ClO2. The molecule has 0 radical (unpaired) electrons. The van der Waals surface area contributed by atoms with Crippen LogP contribution in [-0.4, -0.2) is 28.8 Å². The Morgan fingerprint density at radius 3 is 1.78 bits per heavy atom. The van der Waals surface area contributed by atoms with E-state index in [2.05, 4.69) is 0 Å². The Balaban J connectivity index is 0.000000173. The second kappa shape index (κ2) is 6.33. The van der Waals surface area contributed by atoms with Crippen LogP contribution in [0.2, 0.25) is 0 Å². The monoisotopic (exact) mass is 152 g/mol.